The SMILES string of the molecule is COc1cc(NC(=O)C(C)Oc2ccc(C)cc2Br)ccc1NS(C)(=O)=O. The van der Waals surface area contributed by atoms with Crippen LogP contribution in [0, 0.1) is 6.92 Å². The van der Waals surface area contributed by atoms with Gasteiger partial charge >= 0.3 is 0 Å². The average molecular weight is 457 g/mol. The molecule has 1 atom stereocenters. The lowest BCUT2D eigenvalue weighted by Gasteiger charge is -2.17. The quantitative estimate of drug-likeness (QED) is 0.664. The maximum atomic E-state index is 12.4. The Morgan fingerprint density at radius 2 is 1.85 bits per heavy atom. The van der Waals surface area contributed by atoms with Gasteiger partial charge in [-0.1, -0.05) is 6.07 Å². The summed E-state index contributed by atoms with van der Waals surface area (Å²) in [6.45, 7) is 3.60. The van der Waals surface area contributed by atoms with Crippen LogP contribution in [0.4, 0.5) is 11.4 Å². The van der Waals surface area contributed by atoms with Gasteiger partial charge < -0.3 is 14.8 Å². The average Bonchev–Trinajstić information content (AvgIpc) is 2.57. The van der Waals surface area contributed by atoms with Crippen molar-refractivity contribution in [3.05, 3.63) is 46.4 Å². The van der Waals surface area contributed by atoms with Gasteiger partial charge in [0.1, 0.15) is 11.5 Å². The van der Waals surface area contributed by atoms with E-state index in [0.717, 1.165) is 16.3 Å². The molecule has 0 radical (unpaired) electrons. The Kier molecular flexibility index (Phi) is 6.72. The van der Waals surface area contributed by atoms with E-state index in [9.17, 15) is 13.2 Å². The number of methoxy groups -OCH3 is 1. The van der Waals surface area contributed by atoms with Crippen LogP contribution >= 0.6 is 15.9 Å². The molecule has 0 spiro atoms. The summed E-state index contributed by atoms with van der Waals surface area (Å²) in [7, 11) is -2.03. The molecule has 1 unspecified atom stereocenters. The lowest BCUT2D eigenvalue weighted by Crippen LogP contribution is -2.30. The molecule has 0 aliphatic carbocycles. The molecule has 27 heavy (non-hydrogen) atoms. The fourth-order valence-electron chi connectivity index (χ4n) is 2.24. The second-order valence-corrected chi connectivity index (χ2v) is 8.58. The van der Waals surface area contributed by atoms with E-state index in [4.69, 9.17) is 9.47 Å². The van der Waals surface area contributed by atoms with E-state index in [1.54, 1.807) is 19.1 Å². The Hall–Kier alpha value is -2.26. The number of amides is 1. The van der Waals surface area contributed by atoms with Gasteiger partial charge in [-0.25, -0.2) is 8.42 Å². The summed E-state index contributed by atoms with van der Waals surface area (Å²) in [5, 5.41) is 2.72. The van der Waals surface area contributed by atoms with E-state index in [2.05, 4.69) is 26.0 Å². The standard InChI is InChI=1S/C18H21BrN2O5S/c1-11-5-8-16(14(19)9-11)26-12(2)18(22)20-13-6-7-15(17(10-13)25-3)21-27(4,23)24/h5-10,12,21H,1-4H3,(H,20,22). The molecular weight excluding hydrogens is 436 g/mol. The minimum absolute atomic E-state index is 0.283. The molecule has 0 heterocycles. The summed E-state index contributed by atoms with van der Waals surface area (Å²) >= 11 is 3.41. The van der Waals surface area contributed by atoms with Gasteiger partial charge in [-0.2, -0.15) is 0 Å². The lowest BCUT2D eigenvalue weighted by molar-refractivity contribution is -0.122. The zero-order valence-corrected chi connectivity index (χ0v) is 17.8. The summed E-state index contributed by atoms with van der Waals surface area (Å²) in [5.41, 5.74) is 1.81. The minimum atomic E-state index is -3.44. The first kappa shape index (κ1) is 21.0. The number of hydrogen-bond acceptors (Lipinski definition) is 5. The largest absolute Gasteiger partial charge is 0.494 e. The maximum Gasteiger partial charge on any atom is 0.265 e. The van der Waals surface area contributed by atoms with Crippen LogP contribution in [0.5, 0.6) is 11.5 Å². The van der Waals surface area contributed by atoms with Crippen LogP contribution in [-0.2, 0) is 14.8 Å². The van der Waals surface area contributed by atoms with Gasteiger partial charge in [-0.15, -0.1) is 0 Å². The molecular formula is C18H21BrN2O5S. The molecule has 2 N–H and O–H groups in total. The molecule has 0 aromatic heterocycles. The molecule has 0 bridgehead atoms. The van der Waals surface area contributed by atoms with Crippen molar-refractivity contribution in [2.75, 3.05) is 23.4 Å². The Labute approximate surface area is 167 Å². The van der Waals surface area contributed by atoms with E-state index < -0.39 is 16.1 Å². The highest BCUT2D eigenvalue weighted by atomic mass is 79.9. The van der Waals surface area contributed by atoms with Crippen molar-refractivity contribution in [1.82, 2.24) is 0 Å². The van der Waals surface area contributed by atoms with E-state index in [1.165, 1.54) is 19.2 Å². The van der Waals surface area contributed by atoms with Crippen LogP contribution in [0.15, 0.2) is 40.9 Å². The Bertz CT molecular complexity index is 947. The third-order valence-corrected chi connectivity index (χ3v) is 4.74. The van der Waals surface area contributed by atoms with Crippen LogP contribution in [0.25, 0.3) is 0 Å². The van der Waals surface area contributed by atoms with Crippen LogP contribution in [0.2, 0.25) is 0 Å². The first-order valence-corrected chi connectivity index (χ1v) is 10.7. The van der Waals surface area contributed by atoms with Crippen molar-refractivity contribution < 1.29 is 22.7 Å². The van der Waals surface area contributed by atoms with Gasteiger partial charge in [0, 0.05) is 11.8 Å². The molecule has 146 valence electrons. The van der Waals surface area contributed by atoms with Crippen molar-refractivity contribution in [3.8, 4) is 11.5 Å². The van der Waals surface area contributed by atoms with Crippen molar-refractivity contribution in [1.29, 1.82) is 0 Å². The number of ether oxygens (including phenoxy) is 2. The second kappa shape index (κ2) is 8.62. The monoisotopic (exact) mass is 456 g/mol. The van der Waals surface area contributed by atoms with E-state index in [1.807, 2.05) is 19.1 Å². The van der Waals surface area contributed by atoms with Crippen LogP contribution in [0.1, 0.15) is 12.5 Å². The highest BCUT2D eigenvalue weighted by Gasteiger charge is 2.17. The molecule has 0 aliphatic rings. The van der Waals surface area contributed by atoms with Gasteiger partial charge in [0.15, 0.2) is 6.10 Å². The molecule has 2 rings (SSSR count). The highest BCUT2D eigenvalue weighted by Crippen LogP contribution is 2.29. The van der Waals surface area contributed by atoms with Crippen molar-refractivity contribution in [2.24, 2.45) is 0 Å². The Morgan fingerprint density at radius 3 is 2.44 bits per heavy atom. The number of carbonyl (C=O) groups is 1. The highest BCUT2D eigenvalue weighted by molar-refractivity contribution is 9.10. The van der Waals surface area contributed by atoms with Gasteiger partial charge in [-0.3, -0.25) is 9.52 Å². The lowest BCUT2D eigenvalue weighted by atomic mass is 10.2. The number of aryl methyl sites for hydroxylation is 1. The second-order valence-electron chi connectivity index (χ2n) is 5.97. The molecule has 9 heteroatoms. The normalized spacial score (nSPS) is 12.2. The van der Waals surface area contributed by atoms with Crippen LogP contribution < -0.4 is 19.5 Å². The molecule has 0 saturated carbocycles. The fourth-order valence-corrected chi connectivity index (χ4v) is 3.40. The predicted octanol–water partition coefficient (Wildman–Crippen LogP) is 3.54. The summed E-state index contributed by atoms with van der Waals surface area (Å²) in [6.07, 6.45) is 0.300. The van der Waals surface area contributed by atoms with Gasteiger partial charge in [-0.05, 0) is 59.6 Å². The smallest absolute Gasteiger partial charge is 0.265 e. The van der Waals surface area contributed by atoms with Gasteiger partial charge in [0.05, 0.1) is 23.5 Å². The fraction of sp³-hybridized carbons (Fsp3) is 0.278. The summed E-state index contributed by atoms with van der Waals surface area (Å²) < 4.78 is 36.8. The Morgan fingerprint density at radius 1 is 1.15 bits per heavy atom. The molecule has 0 saturated heterocycles. The first-order valence-electron chi connectivity index (χ1n) is 7.98. The van der Waals surface area contributed by atoms with E-state index in [-0.39, 0.29) is 17.3 Å². The molecule has 7 nitrogen and oxygen atoms in total. The number of carbonyl (C=O) groups excluding carboxylic acids is 1. The van der Waals surface area contributed by atoms with E-state index in [0.29, 0.717) is 11.4 Å². The van der Waals surface area contributed by atoms with E-state index >= 15 is 0 Å². The number of halogens is 1. The van der Waals surface area contributed by atoms with Gasteiger partial charge in [0.25, 0.3) is 5.91 Å². The van der Waals surface area contributed by atoms with Crippen LogP contribution in [-0.4, -0.2) is 33.8 Å². The van der Waals surface area contributed by atoms with Crippen molar-refractivity contribution in [3.63, 3.8) is 0 Å². The van der Waals surface area contributed by atoms with Crippen molar-refractivity contribution >= 4 is 43.2 Å². The van der Waals surface area contributed by atoms with Crippen LogP contribution in [0.3, 0.4) is 0 Å². The number of anilines is 2. The van der Waals surface area contributed by atoms with Crippen molar-refractivity contribution in [2.45, 2.75) is 20.0 Å². The molecule has 1 amide bonds. The number of hydrogen-bond donors (Lipinski definition) is 2. The maximum absolute atomic E-state index is 12.4. The summed E-state index contributed by atoms with van der Waals surface area (Å²) in [6, 6.07) is 10.2. The topological polar surface area (TPSA) is 93.7 Å². The number of sulfonamides is 1. The summed E-state index contributed by atoms with van der Waals surface area (Å²) in [4.78, 5) is 12.4. The third-order valence-electron chi connectivity index (χ3n) is 3.52. The molecule has 2 aromatic carbocycles. The molecule has 0 aliphatic heterocycles. The first-order chi connectivity index (χ1) is 12.6. The third kappa shape index (κ3) is 6.14. The van der Waals surface area contributed by atoms with Gasteiger partial charge in [0.2, 0.25) is 10.0 Å². The zero-order valence-electron chi connectivity index (χ0n) is 15.4. The number of benzene rings is 2. The minimum Gasteiger partial charge on any atom is -0.494 e. The number of nitrogens with one attached hydrogen (secondary N) is 2. The summed E-state index contributed by atoms with van der Waals surface area (Å²) in [5.74, 6) is 0.495. The molecule has 2 aromatic rings. The Balaban J connectivity index is 2.10. The molecule has 0 fully saturated rings. The zero-order chi connectivity index (χ0) is 20.2. The predicted molar refractivity (Wildman–Crippen MR) is 109 cm³/mol. The number of rotatable bonds is 7.